The molecule has 0 radical (unpaired) electrons. The van der Waals surface area contributed by atoms with E-state index >= 15 is 0 Å². The second-order valence-electron chi connectivity index (χ2n) is 8.16. The SMILES string of the molecule is CN(CCC(NC(=O)OC(C)(C)C)c1cc(Cl)ccn1)C1CCCCC1. The number of alkyl carbamates (subject to hydrolysis) is 1. The summed E-state index contributed by atoms with van der Waals surface area (Å²) in [5.41, 5.74) is 0.232. The van der Waals surface area contributed by atoms with Crippen LogP contribution in [-0.2, 0) is 4.74 Å². The zero-order valence-corrected chi connectivity index (χ0v) is 17.2. The third-order valence-electron chi connectivity index (χ3n) is 4.76. The van der Waals surface area contributed by atoms with E-state index in [1.54, 1.807) is 12.3 Å². The van der Waals surface area contributed by atoms with Crippen molar-refractivity contribution < 1.29 is 9.53 Å². The summed E-state index contributed by atoms with van der Waals surface area (Å²) in [6.45, 7) is 6.46. The fraction of sp³-hybridized carbons (Fsp3) is 0.700. The van der Waals surface area contributed by atoms with E-state index in [0.29, 0.717) is 11.1 Å². The molecular formula is C20H32ClN3O2. The van der Waals surface area contributed by atoms with E-state index in [4.69, 9.17) is 16.3 Å². The van der Waals surface area contributed by atoms with Crippen LogP contribution in [0.15, 0.2) is 18.3 Å². The molecule has 0 aromatic carbocycles. The van der Waals surface area contributed by atoms with Gasteiger partial charge in [-0.2, -0.15) is 0 Å². The highest BCUT2D eigenvalue weighted by atomic mass is 35.5. The molecule has 6 heteroatoms. The lowest BCUT2D eigenvalue weighted by Crippen LogP contribution is -2.38. The van der Waals surface area contributed by atoms with Gasteiger partial charge in [0.2, 0.25) is 0 Å². The minimum atomic E-state index is -0.532. The number of nitrogens with one attached hydrogen (secondary N) is 1. The van der Waals surface area contributed by atoms with Crippen molar-refractivity contribution in [2.45, 2.75) is 77.0 Å². The van der Waals surface area contributed by atoms with Crippen LogP contribution in [0.2, 0.25) is 5.02 Å². The molecule has 0 aliphatic heterocycles. The summed E-state index contributed by atoms with van der Waals surface area (Å²) in [5.74, 6) is 0. The molecule has 146 valence electrons. The first-order valence-corrected chi connectivity index (χ1v) is 9.93. The predicted molar refractivity (Wildman–Crippen MR) is 105 cm³/mol. The fourth-order valence-electron chi connectivity index (χ4n) is 3.39. The van der Waals surface area contributed by atoms with E-state index in [1.807, 2.05) is 26.8 Å². The van der Waals surface area contributed by atoms with Gasteiger partial charge in [0.25, 0.3) is 0 Å². The van der Waals surface area contributed by atoms with Crippen LogP contribution in [0, 0.1) is 0 Å². The molecule has 0 saturated heterocycles. The summed E-state index contributed by atoms with van der Waals surface area (Å²) >= 11 is 6.12. The second kappa shape index (κ2) is 9.56. The smallest absolute Gasteiger partial charge is 0.408 e. The van der Waals surface area contributed by atoms with Crippen LogP contribution in [0.3, 0.4) is 0 Å². The van der Waals surface area contributed by atoms with Gasteiger partial charge >= 0.3 is 6.09 Å². The molecule has 1 heterocycles. The van der Waals surface area contributed by atoms with Gasteiger partial charge in [-0.3, -0.25) is 4.98 Å². The van der Waals surface area contributed by atoms with E-state index in [-0.39, 0.29) is 6.04 Å². The van der Waals surface area contributed by atoms with Crippen LogP contribution in [0.4, 0.5) is 4.79 Å². The van der Waals surface area contributed by atoms with Crippen LogP contribution in [-0.4, -0.2) is 41.2 Å². The van der Waals surface area contributed by atoms with Crippen molar-refractivity contribution >= 4 is 17.7 Å². The Hall–Kier alpha value is -1.33. The second-order valence-corrected chi connectivity index (χ2v) is 8.60. The Kier molecular flexibility index (Phi) is 7.71. The Balaban J connectivity index is 2.01. The number of aromatic nitrogens is 1. The maximum atomic E-state index is 12.3. The summed E-state index contributed by atoms with van der Waals surface area (Å²) in [6.07, 6.45) is 8.50. The molecule has 5 nitrogen and oxygen atoms in total. The molecule has 1 aromatic heterocycles. The quantitative estimate of drug-likeness (QED) is 0.756. The molecule has 1 fully saturated rings. The number of nitrogens with zero attached hydrogens (tertiary/aromatic N) is 2. The van der Waals surface area contributed by atoms with E-state index in [1.165, 1.54) is 32.1 Å². The van der Waals surface area contributed by atoms with Crippen molar-refractivity contribution in [1.82, 2.24) is 15.2 Å². The average Bonchev–Trinajstić information content (AvgIpc) is 2.57. The van der Waals surface area contributed by atoms with Crippen molar-refractivity contribution in [1.29, 1.82) is 0 Å². The highest BCUT2D eigenvalue weighted by Crippen LogP contribution is 2.24. The standard InChI is InChI=1S/C20H32ClN3O2/c1-20(2,3)26-19(25)23-17(18-14-15(21)10-12-22-18)11-13-24(4)16-8-6-5-7-9-16/h10,12,14,16-17H,5-9,11,13H2,1-4H3,(H,23,25). The molecule has 1 aromatic rings. The zero-order valence-electron chi connectivity index (χ0n) is 16.4. The number of halogens is 1. The largest absolute Gasteiger partial charge is 0.444 e. The number of amides is 1. The summed E-state index contributed by atoms with van der Waals surface area (Å²) in [6, 6.07) is 3.96. The molecule has 1 amide bonds. The lowest BCUT2D eigenvalue weighted by atomic mass is 9.94. The van der Waals surface area contributed by atoms with Gasteiger partial charge < -0.3 is 15.0 Å². The van der Waals surface area contributed by atoms with Crippen LogP contribution in [0.1, 0.15) is 71.0 Å². The number of pyridine rings is 1. The first kappa shape index (κ1) is 21.0. The molecule has 1 aliphatic rings. The molecule has 1 atom stereocenters. The number of ether oxygens (including phenoxy) is 1. The first-order valence-electron chi connectivity index (χ1n) is 9.56. The number of carbonyl (C=O) groups excluding carboxylic acids is 1. The normalized spacial score (nSPS) is 17.2. The maximum Gasteiger partial charge on any atom is 0.408 e. The van der Waals surface area contributed by atoms with Crippen LogP contribution in [0.25, 0.3) is 0 Å². The van der Waals surface area contributed by atoms with Crippen molar-refractivity contribution in [3.63, 3.8) is 0 Å². The molecule has 1 N–H and O–H groups in total. The maximum absolute atomic E-state index is 12.3. The van der Waals surface area contributed by atoms with E-state index < -0.39 is 11.7 Å². The summed E-state index contributed by atoms with van der Waals surface area (Å²) < 4.78 is 5.42. The minimum Gasteiger partial charge on any atom is -0.444 e. The number of hydrogen-bond acceptors (Lipinski definition) is 4. The Morgan fingerprint density at radius 1 is 1.38 bits per heavy atom. The van der Waals surface area contributed by atoms with Gasteiger partial charge in [0, 0.05) is 23.8 Å². The average molecular weight is 382 g/mol. The molecular weight excluding hydrogens is 350 g/mol. The first-order chi connectivity index (χ1) is 12.2. The molecule has 1 unspecified atom stereocenters. The van der Waals surface area contributed by atoms with Gasteiger partial charge in [0.05, 0.1) is 11.7 Å². The summed E-state index contributed by atoms with van der Waals surface area (Å²) in [7, 11) is 2.17. The highest BCUT2D eigenvalue weighted by molar-refractivity contribution is 6.30. The highest BCUT2D eigenvalue weighted by Gasteiger charge is 2.23. The molecule has 1 aliphatic carbocycles. The number of hydrogen-bond donors (Lipinski definition) is 1. The Bertz CT molecular complexity index is 583. The summed E-state index contributed by atoms with van der Waals surface area (Å²) in [5, 5.41) is 3.58. The lowest BCUT2D eigenvalue weighted by Gasteiger charge is -2.32. The van der Waals surface area contributed by atoms with Crippen molar-refractivity contribution in [2.75, 3.05) is 13.6 Å². The predicted octanol–water partition coefficient (Wildman–Crippen LogP) is 4.96. The van der Waals surface area contributed by atoms with E-state index in [2.05, 4.69) is 22.2 Å². The fourth-order valence-corrected chi connectivity index (χ4v) is 3.56. The van der Waals surface area contributed by atoms with Crippen LogP contribution < -0.4 is 5.32 Å². The third kappa shape index (κ3) is 7.12. The third-order valence-corrected chi connectivity index (χ3v) is 4.99. The van der Waals surface area contributed by atoms with Gasteiger partial charge in [-0.25, -0.2) is 4.79 Å². The topological polar surface area (TPSA) is 54.5 Å². The Morgan fingerprint density at radius 2 is 2.08 bits per heavy atom. The Labute approximate surface area is 162 Å². The minimum absolute atomic E-state index is 0.227. The summed E-state index contributed by atoms with van der Waals surface area (Å²) in [4.78, 5) is 19.1. The van der Waals surface area contributed by atoms with Crippen molar-refractivity contribution in [3.05, 3.63) is 29.0 Å². The van der Waals surface area contributed by atoms with Gasteiger partial charge in [0.1, 0.15) is 5.60 Å². The zero-order chi connectivity index (χ0) is 19.2. The molecule has 1 saturated carbocycles. The Morgan fingerprint density at radius 3 is 2.69 bits per heavy atom. The van der Waals surface area contributed by atoms with Crippen LogP contribution >= 0.6 is 11.6 Å². The molecule has 2 rings (SSSR count). The van der Waals surface area contributed by atoms with E-state index in [0.717, 1.165) is 18.7 Å². The monoisotopic (exact) mass is 381 g/mol. The molecule has 0 bridgehead atoms. The van der Waals surface area contributed by atoms with E-state index in [9.17, 15) is 4.79 Å². The molecule has 0 spiro atoms. The van der Waals surface area contributed by atoms with Gasteiger partial charge in [-0.05, 0) is 59.2 Å². The number of carbonyl (C=O) groups is 1. The van der Waals surface area contributed by atoms with Gasteiger partial charge in [-0.1, -0.05) is 30.9 Å². The van der Waals surface area contributed by atoms with Gasteiger partial charge in [-0.15, -0.1) is 0 Å². The number of rotatable bonds is 6. The van der Waals surface area contributed by atoms with Crippen LogP contribution in [0.5, 0.6) is 0 Å². The van der Waals surface area contributed by atoms with Gasteiger partial charge in [0.15, 0.2) is 0 Å². The lowest BCUT2D eigenvalue weighted by molar-refractivity contribution is 0.0495. The van der Waals surface area contributed by atoms with Crippen molar-refractivity contribution in [3.8, 4) is 0 Å². The van der Waals surface area contributed by atoms with Crippen molar-refractivity contribution in [2.24, 2.45) is 0 Å². The molecule has 26 heavy (non-hydrogen) atoms.